The molecule has 6 nitrogen and oxygen atoms in total. The fourth-order valence-electron chi connectivity index (χ4n) is 4.96. The fourth-order valence-corrected chi connectivity index (χ4v) is 6.49. The fraction of sp³-hybridized carbons (Fsp3) is 0.296. The highest BCUT2D eigenvalue weighted by atomic mass is 32.2. The van der Waals surface area contributed by atoms with Gasteiger partial charge in [-0.2, -0.15) is 13.2 Å². The average molecular weight is 567 g/mol. The molecule has 1 aliphatic heterocycles. The van der Waals surface area contributed by atoms with E-state index in [-0.39, 0.29) is 47.0 Å². The Kier molecular flexibility index (Phi) is 6.78. The molecule has 2 aliphatic rings. The molecule has 0 unspecified atom stereocenters. The van der Waals surface area contributed by atoms with Crippen molar-refractivity contribution in [2.45, 2.75) is 43.0 Å². The van der Waals surface area contributed by atoms with Crippen LogP contribution in [0.25, 0.3) is 11.1 Å². The number of benzene rings is 3. The van der Waals surface area contributed by atoms with Crippen molar-refractivity contribution < 1.29 is 39.9 Å². The number of carbonyl (C=O) groups excluding carboxylic acids is 1. The van der Waals surface area contributed by atoms with E-state index in [4.69, 9.17) is 4.74 Å². The van der Waals surface area contributed by atoms with Crippen LogP contribution in [0.5, 0.6) is 5.75 Å². The van der Waals surface area contributed by atoms with E-state index in [1.165, 1.54) is 25.1 Å². The largest absolute Gasteiger partial charge is 0.486 e. The molecule has 1 saturated carbocycles. The Bertz CT molecular complexity index is 1540. The van der Waals surface area contributed by atoms with Crippen molar-refractivity contribution in [1.82, 2.24) is 5.32 Å². The van der Waals surface area contributed by atoms with Crippen molar-refractivity contribution in [2.75, 3.05) is 10.8 Å². The molecular formula is C27H23F5N2O4S. The molecule has 0 saturated heterocycles. The number of alkyl halides is 3. The Morgan fingerprint density at radius 3 is 2.46 bits per heavy atom. The number of anilines is 1. The second-order valence-electron chi connectivity index (χ2n) is 9.65. The number of nitrogens with zero attached hydrogens (tertiary/aromatic N) is 1. The summed E-state index contributed by atoms with van der Waals surface area (Å²) >= 11 is 0. The van der Waals surface area contributed by atoms with Gasteiger partial charge >= 0.3 is 6.18 Å². The summed E-state index contributed by atoms with van der Waals surface area (Å²) in [6.45, 7) is 1.17. The van der Waals surface area contributed by atoms with Crippen molar-refractivity contribution in [3.63, 3.8) is 0 Å². The van der Waals surface area contributed by atoms with Gasteiger partial charge in [-0.3, -0.25) is 9.10 Å². The quantitative estimate of drug-likeness (QED) is 0.413. The van der Waals surface area contributed by atoms with Crippen LogP contribution in [0, 0.1) is 17.6 Å². The third-order valence-electron chi connectivity index (χ3n) is 6.95. The average Bonchev–Trinajstić information content (AvgIpc) is 2.86. The number of halogens is 5. The van der Waals surface area contributed by atoms with Gasteiger partial charge in [-0.25, -0.2) is 17.2 Å². The Hall–Kier alpha value is -3.67. The normalized spacial score (nSPS) is 21.0. The lowest BCUT2D eigenvalue weighted by atomic mass is 9.76. The van der Waals surface area contributed by atoms with Gasteiger partial charge in [-0.1, -0.05) is 12.1 Å². The van der Waals surface area contributed by atoms with Crippen LogP contribution in [0.2, 0.25) is 0 Å². The van der Waals surface area contributed by atoms with Crippen LogP contribution in [0.4, 0.5) is 27.6 Å². The van der Waals surface area contributed by atoms with Gasteiger partial charge in [0.05, 0.1) is 22.7 Å². The summed E-state index contributed by atoms with van der Waals surface area (Å²) in [5.74, 6) is -1.64. The summed E-state index contributed by atoms with van der Waals surface area (Å²) in [6.07, 6.45) is -4.35. The number of nitrogens with one attached hydrogen (secondary N) is 1. The van der Waals surface area contributed by atoms with Gasteiger partial charge in [0.25, 0.3) is 10.0 Å². The van der Waals surface area contributed by atoms with E-state index in [2.05, 4.69) is 5.32 Å². The summed E-state index contributed by atoms with van der Waals surface area (Å²) in [5, 5.41) is 2.79. The lowest BCUT2D eigenvalue weighted by Crippen LogP contribution is -2.54. The molecular weight excluding hydrogens is 543 g/mol. The highest BCUT2D eigenvalue weighted by Gasteiger charge is 2.43. The summed E-state index contributed by atoms with van der Waals surface area (Å²) in [7, 11) is -4.54. The summed E-state index contributed by atoms with van der Waals surface area (Å²) in [4.78, 5) is 10.8. The Balaban J connectivity index is 1.56. The van der Waals surface area contributed by atoms with Crippen LogP contribution in [-0.2, 0) is 21.0 Å². The molecule has 5 rings (SSSR count). The molecule has 0 aromatic heterocycles. The molecule has 39 heavy (non-hydrogen) atoms. The molecule has 1 N–H and O–H groups in total. The number of amides is 1. The van der Waals surface area contributed by atoms with Gasteiger partial charge in [-0.05, 0) is 66.9 Å². The van der Waals surface area contributed by atoms with Gasteiger partial charge in [-0.15, -0.1) is 0 Å². The molecule has 3 aromatic carbocycles. The summed E-state index contributed by atoms with van der Waals surface area (Å²) < 4.78 is 103. The lowest BCUT2D eigenvalue weighted by Gasteiger charge is -2.44. The maximum absolute atomic E-state index is 14.5. The van der Waals surface area contributed by atoms with Crippen molar-refractivity contribution in [3.05, 3.63) is 77.9 Å². The lowest BCUT2D eigenvalue weighted by molar-refractivity contribution is -0.137. The van der Waals surface area contributed by atoms with Crippen molar-refractivity contribution in [3.8, 4) is 16.9 Å². The van der Waals surface area contributed by atoms with Crippen LogP contribution in [0.15, 0.2) is 65.6 Å². The van der Waals surface area contributed by atoms with E-state index in [1.807, 2.05) is 0 Å². The zero-order valence-electron chi connectivity index (χ0n) is 20.5. The molecule has 0 bridgehead atoms. The predicted octanol–water partition coefficient (Wildman–Crippen LogP) is 5.52. The third-order valence-corrected chi connectivity index (χ3v) is 8.72. The summed E-state index contributed by atoms with van der Waals surface area (Å²) in [6, 6.07) is 10.4. The van der Waals surface area contributed by atoms with Crippen LogP contribution in [-0.4, -0.2) is 33.0 Å². The van der Waals surface area contributed by atoms with Crippen molar-refractivity contribution >= 4 is 21.6 Å². The second-order valence-corrected chi connectivity index (χ2v) is 11.5. The Morgan fingerprint density at radius 2 is 1.77 bits per heavy atom. The molecule has 1 atom stereocenters. The Morgan fingerprint density at radius 1 is 1.03 bits per heavy atom. The van der Waals surface area contributed by atoms with Gasteiger partial charge in [0, 0.05) is 24.4 Å². The molecule has 12 heteroatoms. The molecule has 0 radical (unpaired) electrons. The monoisotopic (exact) mass is 566 g/mol. The van der Waals surface area contributed by atoms with Crippen LogP contribution >= 0.6 is 0 Å². The van der Waals surface area contributed by atoms with E-state index < -0.39 is 44.4 Å². The maximum Gasteiger partial charge on any atom is 0.416 e. The first-order valence-electron chi connectivity index (χ1n) is 12.1. The minimum absolute atomic E-state index is 0.0115. The smallest absolute Gasteiger partial charge is 0.416 e. The first-order chi connectivity index (χ1) is 18.3. The highest BCUT2D eigenvalue weighted by Crippen LogP contribution is 2.44. The summed E-state index contributed by atoms with van der Waals surface area (Å²) in [5.41, 5.74) is -1.09. The van der Waals surface area contributed by atoms with Crippen LogP contribution in [0.3, 0.4) is 0 Å². The van der Waals surface area contributed by atoms with E-state index in [9.17, 15) is 35.2 Å². The van der Waals surface area contributed by atoms with Crippen LogP contribution < -0.4 is 14.4 Å². The van der Waals surface area contributed by atoms with Gasteiger partial charge in [0.2, 0.25) is 5.91 Å². The number of rotatable bonds is 5. The zero-order chi connectivity index (χ0) is 28.1. The van der Waals surface area contributed by atoms with E-state index in [0.29, 0.717) is 18.9 Å². The molecule has 1 amide bonds. The minimum atomic E-state index is -4.76. The molecule has 0 spiro atoms. The van der Waals surface area contributed by atoms with Gasteiger partial charge in [0.15, 0.2) is 0 Å². The van der Waals surface area contributed by atoms with Gasteiger partial charge in [0.1, 0.15) is 23.5 Å². The topological polar surface area (TPSA) is 75.7 Å². The third kappa shape index (κ3) is 5.29. The number of carbonyl (C=O) groups is 1. The molecule has 1 aliphatic carbocycles. The number of hydrogen-bond acceptors (Lipinski definition) is 4. The SMILES string of the molecule is CC(=O)N[C@H]1C[C@@H]([C@H]2CN(S(=O)(=O)c3cccc(C(F)(F)F)c3)c3cc(-c4cc(F)ccc4F)ccc3O2)C1. The van der Waals surface area contributed by atoms with E-state index >= 15 is 0 Å². The van der Waals surface area contributed by atoms with E-state index in [0.717, 1.165) is 40.7 Å². The molecule has 3 aromatic rings. The molecule has 206 valence electrons. The Labute approximate surface area is 221 Å². The standard InChI is InChI=1S/C27H23F5N2O4S/c1-15(35)33-20-9-17(10-20)26-14-34(39(36,37)21-4-2-3-18(12-21)27(30,31)32)24-11-16(5-8-25(24)38-26)22-13-19(28)6-7-23(22)29/h2-8,11-13,17,20,26H,9-10,14H2,1H3,(H,33,35)/t17-,20+,26-/m1/s1. The van der Waals surface area contributed by atoms with Gasteiger partial charge < -0.3 is 10.1 Å². The predicted molar refractivity (Wildman–Crippen MR) is 133 cm³/mol. The maximum atomic E-state index is 14.5. The number of ether oxygens (including phenoxy) is 1. The highest BCUT2D eigenvalue weighted by molar-refractivity contribution is 7.92. The number of hydrogen-bond donors (Lipinski definition) is 1. The molecule has 1 fully saturated rings. The minimum Gasteiger partial charge on any atom is -0.486 e. The number of sulfonamides is 1. The van der Waals surface area contributed by atoms with E-state index in [1.54, 1.807) is 0 Å². The van der Waals surface area contributed by atoms with Crippen LogP contribution in [0.1, 0.15) is 25.3 Å². The molecule has 1 heterocycles. The number of fused-ring (bicyclic) bond motifs is 1. The first kappa shape index (κ1) is 26.9. The first-order valence-corrected chi connectivity index (χ1v) is 13.5. The van der Waals surface area contributed by atoms with Crippen molar-refractivity contribution in [2.24, 2.45) is 5.92 Å². The zero-order valence-corrected chi connectivity index (χ0v) is 21.3. The van der Waals surface area contributed by atoms with Crippen molar-refractivity contribution in [1.29, 1.82) is 0 Å². The second kappa shape index (κ2) is 9.82.